The van der Waals surface area contributed by atoms with Crippen LogP contribution in [0.5, 0.6) is 0 Å². The van der Waals surface area contributed by atoms with Crippen molar-refractivity contribution in [1.29, 1.82) is 0 Å². The molecule has 4 aliphatic heterocycles. The van der Waals surface area contributed by atoms with Crippen molar-refractivity contribution < 1.29 is 48.4 Å². The number of hydroxylamine groups is 2. The summed E-state index contributed by atoms with van der Waals surface area (Å²) in [6, 6.07) is 5.50. The molecule has 13 nitrogen and oxygen atoms in total. The van der Waals surface area contributed by atoms with Gasteiger partial charge in [0.05, 0.1) is 31.5 Å². The van der Waals surface area contributed by atoms with E-state index in [-0.39, 0.29) is 32.9 Å². The molecular weight excluding hydrogens is 574 g/mol. The second kappa shape index (κ2) is 11.8. The van der Waals surface area contributed by atoms with Gasteiger partial charge in [0, 0.05) is 13.0 Å². The van der Waals surface area contributed by atoms with Crippen LogP contribution in [0.2, 0.25) is 0 Å². The van der Waals surface area contributed by atoms with Crippen LogP contribution >= 0.6 is 0 Å². The zero-order valence-corrected chi connectivity index (χ0v) is 24.5. The highest BCUT2D eigenvalue weighted by atomic mass is 16.8. The Balaban J connectivity index is 1.12. The summed E-state index contributed by atoms with van der Waals surface area (Å²) in [5, 5.41) is 26.1. The molecule has 0 spiro atoms. The lowest BCUT2D eigenvalue weighted by molar-refractivity contribution is -0.201. The number of aliphatic hydroxyl groups excluding tert-OH is 2. The van der Waals surface area contributed by atoms with Gasteiger partial charge in [-0.3, -0.25) is 19.2 Å². The molecule has 238 valence electrons. The molecule has 0 aromatic heterocycles. The average Bonchev–Trinajstić information content (AvgIpc) is 3.44. The van der Waals surface area contributed by atoms with E-state index in [0.717, 1.165) is 30.4 Å². The molecule has 13 heteroatoms. The Morgan fingerprint density at radius 3 is 2.68 bits per heavy atom. The van der Waals surface area contributed by atoms with Crippen molar-refractivity contribution in [1.82, 2.24) is 15.7 Å². The molecule has 1 aromatic rings. The van der Waals surface area contributed by atoms with Crippen LogP contribution in [0.1, 0.15) is 43.7 Å². The molecule has 2 bridgehead atoms. The number of ether oxygens (including phenoxy) is 4. The number of rotatable bonds is 10. The van der Waals surface area contributed by atoms with Gasteiger partial charge in [0.1, 0.15) is 42.7 Å². The normalized spacial score (nSPS) is 38.4. The van der Waals surface area contributed by atoms with Gasteiger partial charge in [0.15, 0.2) is 6.04 Å². The fraction of sp³-hybridized carbons (Fsp3) is 0.645. The fourth-order valence-electron chi connectivity index (χ4n) is 7.57. The number of epoxide rings is 1. The molecule has 1 aromatic carbocycles. The van der Waals surface area contributed by atoms with Crippen LogP contribution < -0.4 is 10.6 Å². The fourth-order valence-corrected chi connectivity index (χ4v) is 7.57. The molecule has 2 saturated carbocycles. The number of fused-ring (bicyclic) bond motifs is 5. The summed E-state index contributed by atoms with van der Waals surface area (Å²) in [6.45, 7) is 1.20. The topological polar surface area (TPSA) is 168 Å². The molecule has 7 rings (SSSR count). The first-order valence-corrected chi connectivity index (χ1v) is 15.5. The number of amides is 2. The lowest BCUT2D eigenvalue weighted by Crippen LogP contribution is -2.71. The van der Waals surface area contributed by atoms with Crippen LogP contribution in [0, 0.1) is 11.3 Å². The summed E-state index contributed by atoms with van der Waals surface area (Å²) in [5.74, 6) is -1.39. The minimum atomic E-state index is -1.47. The summed E-state index contributed by atoms with van der Waals surface area (Å²) in [7, 11) is 0. The maximum atomic E-state index is 14.2. The Kier molecular flexibility index (Phi) is 7.98. The molecule has 2 aliphatic carbocycles. The van der Waals surface area contributed by atoms with Gasteiger partial charge in [0.25, 0.3) is 0 Å². The third-order valence-corrected chi connectivity index (χ3v) is 9.88. The van der Waals surface area contributed by atoms with E-state index in [1.165, 1.54) is 12.0 Å². The Labute approximate surface area is 254 Å². The molecule has 4 saturated heterocycles. The van der Waals surface area contributed by atoms with E-state index in [1.807, 2.05) is 24.3 Å². The van der Waals surface area contributed by atoms with E-state index in [9.17, 15) is 19.5 Å². The number of carbonyl (C=O) groups excluding carboxylic acids is 3. The highest BCUT2D eigenvalue weighted by molar-refractivity contribution is 5.96. The van der Waals surface area contributed by atoms with Gasteiger partial charge in [-0.15, -0.1) is 0 Å². The number of nitrogens with zero attached hydrogens (tertiary/aromatic N) is 1. The van der Waals surface area contributed by atoms with Crippen molar-refractivity contribution in [2.75, 3.05) is 19.9 Å². The molecular formula is C31H39N3O10. The van der Waals surface area contributed by atoms with Crippen LogP contribution in [0.25, 0.3) is 6.08 Å². The third-order valence-electron chi connectivity index (χ3n) is 9.88. The van der Waals surface area contributed by atoms with Crippen LogP contribution in [0.15, 0.2) is 30.3 Å². The van der Waals surface area contributed by atoms with Gasteiger partial charge >= 0.3 is 5.97 Å². The summed E-state index contributed by atoms with van der Waals surface area (Å²) < 4.78 is 23.0. The van der Waals surface area contributed by atoms with Crippen molar-refractivity contribution in [3.05, 3.63) is 41.5 Å². The zero-order chi connectivity index (χ0) is 30.6. The molecule has 4 N–H and O–H groups in total. The Morgan fingerprint density at radius 1 is 1.14 bits per heavy atom. The number of hydrogen-bond donors (Lipinski definition) is 4. The Hall–Kier alpha value is -2.91. The van der Waals surface area contributed by atoms with Crippen LogP contribution in [0.4, 0.5) is 0 Å². The minimum absolute atomic E-state index is 0.0322. The maximum absolute atomic E-state index is 14.2. The summed E-state index contributed by atoms with van der Waals surface area (Å²) >= 11 is 0. The average molecular weight is 614 g/mol. The predicted octanol–water partition coefficient (Wildman–Crippen LogP) is -0.217. The molecule has 6 aliphatic rings. The van der Waals surface area contributed by atoms with Gasteiger partial charge in [0.2, 0.25) is 11.8 Å². The minimum Gasteiger partial charge on any atom is -0.458 e. The SMILES string of the molecule is CC(O)C(NC(=O)C12CC3OC(=O)C1N(Cc1ccc(C=CC4CCC5OC5C4)cc1)OC2C1OCOC31)C(=O)NCCO. The van der Waals surface area contributed by atoms with E-state index in [1.54, 1.807) is 0 Å². The van der Waals surface area contributed by atoms with Gasteiger partial charge in [-0.2, -0.15) is 5.06 Å². The highest BCUT2D eigenvalue weighted by Gasteiger charge is 2.74. The predicted molar refractivity (Wildman–Crippen MR) is 151 cm³/mol. The smallest absolute Gasteiger partial charge is 0.327 e. The standard InChI is InChI=1S/C31H39N3O10/c1-16(36)23(28(37)32-10-11-35)33-30(39)31-13-22-24-25(41-15-40-24)27(31)44-34(26(31)29(38)43-22)14-19-6-3-17(4-7-19)2-5-18-8-9-20-21(12-18)42-20/h2-7,16,18,20-27,35-36H,8-15H2,1H3,(H,32,37)(H,33,39). The van der Waals surface area contributed by atoms with Gasteiger partial charge in [-0.25, -0.2) is 0 Å². The first kappa shape index (κ1) is 29.8. The Bertz CT molecular complexity index is 1310. The van der Waals surface area contributed by atoms with Crippen molar-refractivity contribution in [2.24, 2.45) is 11.3 Å². The van der Waals surface area contributed by atoms with Gasteiger partial charge < -0.3 is 39.8 Å². The second-order valence-electron chi connectivity index (χ2n) is 12.7. The van der Waals surface area contributed by atoms with Gasteiger partial charge in [-0.05, 0) is 43.2 Å². The number of esters is 1. The molecule has 44 heavy (non-hydrogen) atoms. The summed E-state index contributed by atoms with van der Waals surface area (Å²) in [6.07, 6.45) is 4.55. The second-order valence-corrected chi connectivity index (χ2v) is 12.7. The van der Waals surface area contributed by atoms with Crippen molar-refractivity contribution in [3.63, 3.8) is 0 Å². The maximum Gasteiger partial charge on any atom is 0.327 e. The monoisotopic (exact) mass is 613 g/mol. The largest absolute Gasteiger partial charge is 0.458 e. The first-order chi connectivity index (χ1) is 21.3. The molecule has 0 radical (unpaired) electrons. The van der Waals surface area contributed by atoms with Crippen molar-refractivity contribution >= 4 is 23.9 Å². The third kappa shape index (κ3) is 5.23. The number of benzene rings is 1. The number of hydrogen-bond acceptors (Lipinski definition) is 11. The van der Waals surface area contributed by atoms with E-state index < -0.39 is 65.8 Å². The molecule has 11 unspecified atom stereocenters. The van der Waals surface area contributed by atoms with E-state index in [0.29, 0.717) is 18.1 Å². The van der Waals surface area contributed by atoms with Gasteiger partial charge in [-0.1, -0.05) is 36.4 Å². The number of allylic oxidation sites excluding steroid dienone is 1. The lowest BCUT2D eigenvalue weighted by atomic mass is 9.62. The Morgan fingerprint density at radius 2 is 1.93 bits per heavy atom. The van der Waals surface area contributed by atoms with Crippen molar-refractivity contribution in [3.8, 4) is 0 Å². The van der Waals surface area contributed by atoms with Crippen molar-refractivity contribution in [2.45, 2.75) is 94.0 Å². The molecule has 2 amide bonds. The summed E-state index contributed by atoms with van der Waals surface area (Å²) in [4.78, 5) is 46.9. The lowest BCUT2D eigenvalue weighted by Gasteiger charge is -2.49. The van der Waals surface area contributed by atoms with Crippen LogP contribution in [-0.2, 0) is 44.7 Å². The number of aliphatic hydroxyl groups is 2. The molecule has 4 heterocycles. The van der Waals surface area contributed by atoms with E-state index in [4.69, 9.17) is 28.9 Å². The molecule has 11 atom stereocenters. The van der Waals surface area contributed by atoms with E-state index in [2.05, 4.69) is 22.8 Å². The highest BCUT2D eigenvalue weighted by Crippen LogP contribution is 2.55. The summed E-state index contributed by atoms with van der Waals surface area (Å²) in [5.41, 5.74) is 0.456. The molecule has 6 fully saturated rings. The first-order valence-electron chi connectivity index (χ1n) is 15.5. The zero-order valence-electron chi connectivity index (χ0n) is 24.5. The number of nitrogens with one attached hydrogen (secondary N) is 2. The van der Waals surface area contributed by atoms with Crippen LogP contribution in [-0.4, -0.2) is 108 Å². The van der Waals surface area contributed by atoms with Crippen LogP contribution in [0.3, 0.4) is 0 Å². The quantitative estimate of drug-likeness (QED) is 0.203. The van der Waals surface area contributed by atoms with E-state index >= 15 is 0 Å². The number of carbonyl (C=O) groups is 3.